The number of phenols is 1. The number of benzene rings is 12. The molecule has 0 saturated carbocycles. The molecule has 3 N–H and O–H groups in total. The van der Waals surface area contributed by atoms with Gasteiger partial charge in [-0.2, -0.15) is 27.6 Å². The number of H-pyrrole nitrogens is 1. The van der Waals surface area contributed by atoms with Gasteiger partial charge in [0.1, 0.15) is 48.2 Å². The summed E-state index contributed by atoms with van der Waals surface area (Å²) in [5.41, 5.74) is 19.0. The molecule has 0 fully saturated rings. The average Bonchev–Trinajstić information content (AvgIpc) is 1.60. The van der Waals surface area contributed by atoms with Gasteiger partial charge in [-0.1, -0.05) is 174 Å². The Morgan fingerprint density at radius 1 is 0.347 bits per heavy atom. The van der Waals surface area contributed by atoms with Crippen molar-refractivity contribution in [2.45, 2.75) is 50.0 Å². The second-order valence-electron chi connectivity index (χ2n) is 32.7. The summed E-state index contributed by atoms with van der Waals surface area (Å²) in [5.74, 6) is 3.22. The number of hydrogen-bond donors (Lipinski definition) is 3. The van der Waals surface area contributed by atoms with Gasteiger partial charge in [-0.25, -0.2) is 48.7 Å². The predicted molar refractivity (Wildman–Crippen MR) is 595 cm³/mol. The summed E-state index contributed by atoms with van der Waals surface area (Å²) in [5, 5.41) is 55.3. The number of ether oxygens (including phenoxy) is 1. The molecular weight excluding hydrogens is 2370 g/mol. The van der Waals surface area contributed by atoms with Gasteiger partial charge >= 0.3 is 144 Å². The molecule has 27 rings (SSSR count). The molecule has 0 aliphatic carbocycles. The van der Waals surface area contributed by atoms with Gasteiger partial charge in [0.15, 0.2) is 0 Å². The molecule has 0 bridgehead atoms. The quantitative estimate of drug-likeness (QED) is 0.0255. The number of aromatic hydroxyl groups is 1. The number of para-hydroxylation sites is 2. The second kappa shape index (κ2) is 47.3. The van der Waals surface area contributed by atoms with Gasteiger partial charge < -0.3 is 19.1 Å². The number of nitrogens with zero attached hydrogens (tertiary/aromatic N) is 15. The van der Waals surface area contributed by atoms with Crippen LogP contribution in [0.5, 0.6) is 17.4 Å². The van der Waals surface area contributed by atoms with Gasteiger partial charge in [-0.05, 0) is 326 Å². The van der Waals surface area contributed by atoms with Crippen molar-refractivity contribution in [2.75, 3.05) is 0 Å². The van der Waals surface area contributed by atoms with E-state index in [4.69, 9.17) is 31.0 Å². The molecule has 15 heterocycles. The van der Waals surface area contributed by atoms with E-state index in [-0.39, 0.29) is 172 Å². The van der Waals surface area contributed by atoms with Crippen molar-refractivity contribution in [3.63, 3.8) is 0 Å². The number of pyridine rings is 9. The molecule has 0 saturated heterocycles. The molecule has 0 radical (unpaired) electrons. The number of hydrogen-bond acceptors (Lipinski definition) is 15. The van der Waals surface area contributed by atoms with Crippen molar-refractivity contribution in [3.8, 4) is 40.4 Å². The molecule has 0 aliphatic heterocycles. The number of carbonyl (C=O) groups excluding carboxylic acids is 1. The van der Waals surface area contributed by atoms with Crippen LogP contribution in [0.2, 0.25) is 0 Å². The molecule has 12 aromatic carbocycles. The van der Waals surface area contributed by atoms with E-state index in [1.165, 1.54) is 59.2 Å². The summed E-state index contributed by atoms with van der Waals surface area (Å²) in [6.07, 6.45) is 3.60. The number of fused-ring (bicyclic) bond motifs is 28. The molecule has 29 heteroatoms. The summed E-state index contributed by atoms with van der Waals surface area (Å²) in [6, 6.07) is 118. The second-order valence-corrected chi connectivity index (χ2v) is 36.8. The number of aryl methyl sites for hydroxylation is 4. The minimum Gasteiger partial charge on any atom is -0.508 e. The zero-order valence-corrected chi connectivity index (χ0v) is 96.9. The molecule has 144 heavy (non-hydrogen) atoms. The first-order chi connectivity index (χ1) is 68.4. The molecule has 0 amide bonds. The van der Waals surface area contributed by atoms with E-state index in [1.807, 2.05) is 163 Å². The minimum absolute atomic E-state index is 0. The maximum atomic E-state index is 9.79. The van der Waals surface area contributed by atoms with Crippen LogP contribution in [0.1, 0.15) is 45.1 Å². The third-order valence-electron chi connectivity index (χ3n) is 23.8. The van der Waals surface area contributed by atoms with E-state index in [2.05, 4.69) is 353 Å². The largest absolute Gasteiger partial charge is 1.00 e. The smallest absolute Gasteiger partial charge is 0.508 e. The number of phenolic OH excluding ortho intramolecular Hbond substituents is 1. The van der Waals surface area contributed by atoms with Gasteiger partial charge in [0, 0.05) is 99.1 Å². The van der Waals surface area contributed by atoms with Crippen molar-refractivity contribution in [3.05, 3.63) is 411 Å². The topological polar surface area (TPSA) is 244 Å². The fourth-order valence-corrected chi connectivity index (χ4v) is 19.5. The van der Waals surface area contributed by atoms with Crippen molar-refractivity contribution < 1.29 is 167 Å². The first-order valence-electron chi connectivity index (χ1n) is 44.2. The Morgan fingerprint density at radius 3 is 1.12 bits per heavy atom. The molecule has 0 atom stereocenters. The van der Waals surface area contributed by atoms with Gasteiger partial charge in [-0.15, -0.1) is 0 Å². The number of aromatic amines is 1. The number of carbonyl (C=O) groups is 1. The fourth-order valence-electron chi connectivity index (χ4n) is 17.9. The van der Waals surface area contributed by atoms with Crippen molar-refractivity contribution >= 4 is 255 Å². The van der Waals surface area contributed by atoms with Crippen LogP contribution in [-0.4, -0.2) is 94.9 Å². The maximum absolute atomic E-state index is 9.79. The number of nitrogens with one attached hydrogen (secondary N) is 1. The monoisotopic (exact) mass is 2450 g/mol. The van der Waals surface area contributed by atoms with Crippen LogP contribution in [0, 0.1) is 34.9 Å². The van der Waals surface area contributed by atoms with Crippen LogP contribution < -0.4 is 143 Å². The SMILES string of the molecule is Brc1cc2ccccc2cc1Br.C.C.C.Cc1cc(-c2cccc(Br)n2)n[nH]1.Cc1cc2c3nc(Br)ccc3c3cc4ccccc4cc3n2n1.Cc1cc2c3nc(Br)ccc3c3cc4ccccc4cc3n2n1.Cc1cc2c3nc(Oc4ccc5c6ccccc6n(-c6ccccn6)c5c4)ccc3c3cc4ccccc4cc3n2n1.Oc1ccc2c3ccccc3n(-c3ccccn3)c2c1.[2H]OOC=O.[CH2-]F.[Cs+].[Cs+]. The zero-order chi connectivity index (χ0) is 96.3. The van der Waals surface area contributed by atoms with E-state index in [1.54, 1.807) is 25.5 Å². The maximum Gasteiger partial charge on any atom is 1.00 e. The van der Waals surface area contributed by atoms with Gasteiger partial charge in [0.25, 0.3) is 1.43 Å². The van der Waals surface area contributed by atoms with Crippen molar-refractivity contribution in [1.82, 2.24) is 78.1 Å². The Hall–Kier alpha value is -11.5. The van der Waals surface area contributed by atoms with E-state index in [0.717, 1.165) is 178 Å². The Labute approximate surface area is 988 Å². The Bertz CT molecular complexity index is 9230. The molecule has 27 aromatic rings. The third-order valence-corrected chi connectivity index (χ3v) is 26.9. The summed E-state index contributed by atoms with van der Waals surface area (Å²) >= 11 is 17.2. The summed E-state index contributed by atoms with van der Waals surface area (Å²) in [7, 11) is 1.75. The predicted octanol–water partition coefficient (Wildman–Crippen LogP) is 26.4. The zero-order valence-electron chi connectivity index (χ0n) is 77.4. The van der Waals surface area contributed by atoms with Crippen LogP contribution in [0.3, 0.4) is 0 Å². The number of aromatic nitrogens is 16. The van der Waals surface area contributed by atoms with E-state index < -0.39 is 0 Å². The summed E-state index contributed by atoms with van der Waals surface area (Å²) in [4.78, 5) is 40.1. The molecule has 0 unspecified atom stereocenters. The third kappa shape index (κ3) is 22.0. The minimum atomic E-state index is 0. The van der Waals surface area contributed by atoms with Crippen LogP contribution in [0.25, 0.3) is 193 Å². The molecule has 702 valence electrons. The Morgan fingerprint density at radius 2 is 0.722 bits per heavy atom. The molecule has 15 aromatic heterocycles. The van der Waals surface area contributed by atoms with Gasteiger partial charge in [0.2, 0.25) is 5.88 Å². The van der Waals surface area contributed by atoms with Crippen LogP contribution in [-0.2, 0) is 9.68 Å². The molecule has 0 spiro atoms. The van der Waals surface area contributed by atoms with Crippen LogP contribution in [0.4, 0.5) is 4.39 Å². The number of halogens is 6. The van der Waals surface area contributed by atoms with E-state index in [9.17, 15) is 9.50 Å². The molecule has 0 aliphatic rings. The normalized spacial score (nSPS) is 10.9. The van der Waals surface area contributed by atoms with Crippen LogP contribution >= 0.6 is 79.6 Å². The van der Waals surface area contributed by atoms with Crippen LogP contribution in [0.15, 0.2) is 381 Å². The van der Waals surface area contributed by atoms with E-state index in [0.29, 0.717) is 11.6 Å². The average molecular weight is 2460 g/mol. The standard InChI is InChI=1S/C36H23N5O.2C19H12BrN3.C17H12N2O.C10H6Br2.C9H8BrN3.CH2F.CH2O3.3CH4.2Cs/c1-22-18-33-36-28(29-19-23-8-2-3-9-24(23)20-32(29)41(33)39-22)15-16-35(38-36)42-25-13-14-27-26-10-4-5-11-30(26)40(31(27)21-25)34-12-6-7-17-37-34;2*1-11-8-17-19-14(6-7-18(20)21-19)15-9-12-4-2-3-5-13(12)10-16(15)23(17)22-11;20-12-8-9-14-13-5-1-2-6-15(13)19(16(14)11-12)17-7-3-4-10-18-17;11-9-5-7-3-1-2-4-8(7)6-10(9)12;1-6-5-8(13-12-6)7-3-2-4-9(10)11-7;1-2;2-1-4-3;;;;;/h2-21H,1H3;2*2-10H,1H3;1-11,20H;1-6H;2-5H,1H3,(H,12,13);1H2;1,3H;3*1H4;;/q;;;;;;-1;;;;;2*+1/i/hD. The summed E-state index contributed by atoms with van der Waals surface area (Å²) < 4.78 is 36.3. The van der Waals surface area contributed by atoms with Crippen molar-refractivity contribution in [2.24, 2.45) is 0 Å². The van der Waals surface area contributed by atoms with Gasteiger partial charge in [0.05, 0.1) is 89.0 Å². The fraction of sp³-hybridized carbons (Fsp3) is 0.0609. The first kappa shape index (κ1) is 105. The molecular formula is C115H89Br5Cs2FN16O5+. The molecule has 21 nitrogen and oxygen atoms in total. The number of rotatable bonds is 7. The van der Waals surface area contributed by atoms with Crippen molar-refractivity contribution in [1.29, 1.82) is 1.43 Å². The summed E-state index contributed by atoms with van der Waals surface area (Å²) in [6.45, 7) is 8.04. The van der Waals surface area contributed by atoms with E-state index >= 15 is 0 Å². The Balaban J connectivity index is 0.000000134. The van der Waals surface area contributed by atoms with Gasteiger partial charge in [-0.3, -0.25) is 19.0 Å². The first-order valence-corrected chi connectivity index (χ1v) is 47.8. The Kier molecular flexibility index (Phi) is 34.6.